The van der Waals surface area contributed by atoms with E-state index < -0.39 is 0 Å². The molecule has 2 fully saturated rings. The molecule has 1 aromatic rings. The van der Waals surface area contributed by atoms with Gasteiger partial charge in [0, 0.05) is 24.4 Å². The van der Waals surface area contributed by atoms with Gasteiger partial charge in [0.25, 0.3) is 5.91 Å². The highest BCUT2D eigenvalue weighted by molar-refractivity contribution is 7.14. The summed E-state index contributed by atoms with van der Waals surface area (Å²) in [7, 11) is 0. The minimum absolute atomic E-state index is 0.0365. The van der Waals surface area contributed by atoms with E-state index in [9.17, 15) is 9.59 Å². The van der Waals surface area contributed by atoms with Crippen molar-refractivity contribution in [1.82, 2.24) is 10.2 Å². The van der Waals surface area contributed by atoms with Crippen molar-refractivity contribution < 1.29 is 14.3 Å². The topological polar surface area (TPSA) is 84.7 Å². The molecule has 0 bridgehead atoms. The number of ether oxygens (including phenoxy) is 1. The summed E-state index contributed by atoms with van der Waals surface area (Å²) in [6.07, 6.45) is 4.41. The Labute approximate surface area is 151 Å². The lowest BCUT2D eigenvalue weighted by Gasteiger charge is -2.40. The predicted molar refractivity (Wildman–Crippen MR) is 95.6 cm³/mol. The number of carbonyl (C=O) groups excluding carboxylic acids is 2. The van der Waals surface area contributed by atoms with E-state index in [0.29, 0.717) is 13.1 Å². The first-order chi connectivity index (χ1) is 12.1. The predicted octanol–water partition coefficient (Wildman–Crippen LogP) is 1.24. The van der Waals surface area contributed by atoms with E-state index >= 15 is 0 Å². The van der Waals surface area contributed by atoms with Crippen molar-refractivity contribution in [2.45, 2.75) is 37.7 Å². The highest BCUT2D eigenvalue weighted by Crippen LogP contribution is 2.43. The summed E-state index contributed by atoms with van der Waals surface area (Å²) < 4.78 is 6.20. The van der Waals surface area contributed by atoms with Crippen LogP contribution in [0.4, 0.5) is 0 Å². The van der Waals surface area contributed by atoms with Crippen LogP contribution < -0.4 is 11.1 Å². The number of thiophene rings is 1. The highest BCUT2D eigenvalue weighted by atomic mass is 32.1. The Balaban J connectivity index is 1.57. The van der Waals surface area contributed by atoms with Crippen molar-refractivity contribution in [3.8, 4) is 0 Å². The van der Waals surface area contributed by atoms with Gasteiger partial charge in [-0.25, -0.2) is 0 Å². The fourth-order valence-electron chi connectivity index (χ4n) is 4.32. The van der Waals surface area contributed by atoms with E-state index in [1.807, 2.05) is 0 Å². The van der Waals surface area contributed by atoms with Crippen molar-refractivity contribution in [3.63, 3.8) is 0 Å². The van der Waals surface area contributed by atoms with E-state index in [4.69, 9.17) is 10.5 Å². The molecule has 0 saturated carbocycles. The second-order valence-corrected chi connectivity index (χ2v) is 8.42. The molecule has 6 nitrogen and oxygen atoms in total. The third kappa shape index (κ3) is 3.09. The fraction of sp³-hybridized carbons (Fsp3) is 0.667. The molecule has 3 N–H and O–H groups in total. The summed E-state index contributed by atoms with van der Waals surface area (Å²) in [5.74, 6) is -0.481. The minimum Gasteiger partial charge on any atom is -0.370 e. The van der Waals surface area contributed by atoms with Crippen LogP contribution in [0, 0.1) is 5.92 Å². The number of hydrogen-bond donors (Lipinski definition) is 2. The summed E-state index contributed by atoms with van der Waals surface area (Å²) in [5.41, 5.74) is 6.45. The number of rotatable bonds is 2. The van der Waals surface area contributed by atoms with Crippen molar-refractivity contribution >= 4 is 23.2 Å². The van der Waals surface area contributed by atoms with Gasteiger partial charge in [0.15, 0.2) is 0 Å². The molecule has 136 valence electrons. The second kappa shape index (κ2) is 6.70. The molecular weight excluding hydrogens is 338 g/mol. The standard InChI is InChI=1S/C18H25N3O3S/c19-16(22)12-2-1-8-21(11-12)17(23)15-10-13-14(25-15)3-9-24-18(13)4-6-20-7-5-18/h10,12,20H,1-9,11H2,(H2,19,22). The lowest BCUT2D eigenvalue weighted by Crippen LogP contribution is -2.44. The smallest absolute Gasteiger partial charge is 0.263 e. The van der Waals surface area contributed by atoms with Gasteiger partial charge in [-0.1, -0.05) is 0 Å². The molecule has 1 atom stereocenters. The Morgan fingerprint density at radius 2 is 2.16 bits per heavy atom. The molecule has 3 aliphatic heterocycles. The van der Waals surface area contributed by atoms with Crippen LogP contribution in [0.2, 0.25) is 0 Å². The van der Waals surface area contributed by atoms with Crippen LogP contribution in [0.5, 0.6) is 0 Å². The van der Waals surface area contributed by atoms with Gasteiger partial charge < -0.3 is 20.7 Å². The summed E-state index contributed by atoms with van der Waals surface area (Å²) in [6.45, 7) is 3.78. The molecule has 7 heteroatoms. The normalized spacial score (nSPS) is 25.6. The van der Waals surface area contributed by atoms with Crippen molar-refractivity contribution in [1.29, 1.82) is 0 Å². The van der Waals surface area contributed by atoms with Crippen molar-refractivity contribution in [2.24, 2.45) is 11.7 Å². The van der Waals surface area contributed by atoms with Gasteiger partial charge in [-0.2, -0.15) is 0 Å². The largest absolute Gasteiger partial charge is 0.370 e. The molecular formula is C18H25N3O3S. The Hall–Kier alpha value is -1.44. The summed E-state index contributed by atoms with van der Waals surface area (Å²) in [4.78, 5) is 28.3. The van der Waals surface area contributed by atoms with Gasteiger partial charge in [0.2, 0.25) is 5.91 Å². The van der Waals surface area contributed by atoms with Crippen LogP contribution in [-0.4, -0.2) is 49.5 Å². The number of piperidine rings is 2. The maximum Gasteiger partial charge on any atom is 0.263 e. The van der Waals surface area contributed by atoms with E-state index in [-0.39, 0.29) is 23.3 Å². The molecule has 3 aliphatic rings. The first-order valence-electron chi connectivity index (χ1n) is 9.15. The fourth-order valence-corrected chi connectivity index (χ4v) is 5.52. The third-order valence-corrected chi connectivity index (χ3v) is 6.92. The van der Waals surface area contributed by atoms with Gasteiger partial charge in [-0.05, 0) is 50.4 Å². The van der Waals surface area contributed by atoms with Gasteiger partial charge >= 0.3 is 0 Å². The average Bonchev–Trinajstić information content (AvgIpc) is 3.08. The number of primary amides is 1. The van der Waals surface area contributed by atoms with E-state index in [1.54, 1.807) is 16.2 Å². The number of nitrogens with zero attached hydrogens (tertiary/aromatic N) is 1. The zero-order valence-corrected chi connectivity index (χ0v) is 15.2. The number of likely N-dealkylation sites (tertiary alicyclic amines) is 1. The third-order valence-electron chi connectivity index (χ3n) is 5.74. The number of nitrogens with one attached hydrogen (secondary N) is 1. The molecule has 0 aliphatic carbocycles. The maximum atomic E-state index is 13.0. The SMILES string of the molecule is NC(=O)C1CCCN(C(=O)c2cc3c(s2)CCOC32CCNCC2)C1. The van der Waals surface area contributed by atoms with Gasteiger partial charge in [0.1, 0.15) is 0 Å². The lowest BCUT2D eigenvalue weighted by atomic mass is 9.83. The average molecular weight is 363 g/mol. The molecule has 1 unspecified atom stereocenters. The summed E-state index contributed by atoms with van der Waals surface area (Å²) in [5, 5.41) is 3.39. The number of carbonyl (C=O) groups is 2. The molecule has 0 radical (unpaired) electrons. The van der Waals surface area contributed by atoms with E-state index in [2.05, 4.69) is 11.4 Å². The Morgan fingerprint density at radius 1 is 1.36 bits per heavy atom. The van der Waals surface area contributed by atoms with Crippen LogP contribution in [0.3, 0.4) is 0 Å². The molecule has 4 rings (SSSR count). The molecule has 0 aromatic carbocycles. The Kier molecular flexibility index (Phi) is 4.56. The van der Waals surface area contributed by atoms with Crippen LogP contribution in [0.15, 0.2) is 6.07 Å². The monoisotopic (exact) mass is 363 g/mol. The van der Waals surface area contributed by atoms with Crippen molar-refractivity contribution in [3.05, 3.63) is 21.4 Å². The molecule has 2 saturated heterocycles. The maximum absolute atomic E-state index is 13.0. The van der Waals surface area contributed by atoms with Crippen LogP contribution >= 0.6 is 11.3 Å². The van der Waals surface area contributed by atoms with Crippen LogP contribution in [0.25, 0.3) is 0 Å². The lowest BCUT2D eigenvalue weighted by molar-refractivity contribution is -0.123. The van der Waals surface area contributed by atoms with Crippen LogP contribution in [-0.2, 0) is 21.6 Å². The minimum atomic E-state index is -0.301. The van der Waals surface area contributed by atoms with E-state index in [0.717, 1.165) is 56.7 Å². The molecule has 2 amide bonds. The van der Waals surface area contributed by atoms with Gasteiger partial charge in [-0.3, -0.25) is 9.59 Å². The van der Waals surface area contributed by atoms with Crippen molar-refractivity contribution in [2.75, 3.05) is 32.8 Å². The second-order valence-electron chi connectivity index (χ2n) is 7.28. The highest BCUT2D eigenvalue weighted by Gasteiger charge is 2.41. The van der Waals surface area contributed by atoms with Crippen LogP contribution in [0.1, 0.15) is 45.8 Å². The van der Waals surface area contributed by atoms with E-state index in [1.165, 1.54) is 10.4 Å². The number of fused-ring (bicyclic) bond motifs is 2. The summed E-state index contributed by atoms with van der Waals surface area (Å²) in [6, 6.07) is 2.06. The quantitative estimate of drug-likeness (QED) is 0.828. The number of hydrogen-bond acceptors (Lipinski definition) is 5. The zero-order chi connectivity index (χ0) is 17.4. The zero-order valence-electron chi connectivity index (χ0n) is 14.4. The Bertz CT molecular complexity index is 681. The van der Waals surface area contributed by atoms with Gasteiger partial charge in [-0.15, -0.1) is 11.3 Å². The first kappa shape index (κ1) is 17.0. The summed E-state index contributed by atoms with van der Waals surface area (Å²) >= 11 is 1.61. The Morgan fingerprint density at radius 3 is 2.92 bits per heavy atom. The molecule has 4 heterocycles. The number of amides is 2. The molecule has 1 spiro atoms. The number of nitrogens with two attached hydrogens (primary N) is 1. The molecule has 1 aromatic heterocycles. The first-order valence-corrected chi connectivity index (χ1v) is 9.97. The molecule has 25 heavy (non-hydrogen) atoms. The van der Waals surface area contributed by atoms with Gasteiger partial charge in [0.05, 0.1) is 23.0 Å².